The fourth-order valence-corrected chi connectivity index (χ4v) is 1.46. The molecule has 0 fully saturated rings. The maximum Gasteiger partial charge on any atom is 0.156 e. The van der Waals surface area contributed by atoms with Gasteiger partial charge in [-0.25, -0.2) is 0 Å². The van der Waals surface area contributed by atoms with Gasteiger partial charge in [-0.15, -0.1) is 0 Å². The Bertz CT molecular complexity index is 153. The number of Topliss-reactive ketones (excluding diaryl/α,β-unsaturated/α-hetero) is 1. The van der Waals surface area contributed by atoms with Gasteiger partial charge in [0, 0.05) is 27.1 Å². The van der Waals surface area contributed by atoms with Crippen LogP contribution in [0.4, 0.5) is 0 Å². The molecule has 0 heterocycles. The predicted molar refractivity (Wildman–Crippen MR) is 60.8 cm³/mol. The summed E-state index contributed by atoms with van der Waals surface area (Å²) in [5.41, 5.74) is 0. The molecule has 90 valence electrons. The smallest absolute Gasteiger partial charge is 0.156 e. The van der Waals surface area contributed by atoms with Crippen LogP contribution in [0.2, 0.25) is 0 Å². The van der Waals surface area contributed by atoms with Crippen molar-refractivity contribution in [3.63, 3.8) is 0 Å². The molecule has 0 atom stereocenters. The van der Waals surface area contributed by atoms with Crippen molar-refractivity contribution in [3.05, 3.63) is 0 Å². The molecule has 3 heteroatoms. The van der Waals surface area contributed by atoms with Crippen LogP contribution in [-0.4, -0.2) is 26.3 Å². The first-order chi connectivity index (χ1) is 7.24. The Balaban J connectivity index is 3.33. The molecule has 15 heavy (non-hydrogen) atoms. The quantitative estimate of drug-likeness (QED) is 0.416. The Morgan fingerprint density at radius 2 is 1.67 bits per heavy atom. The lowest BCUT2D eigenvalue weighted by molar-refractivity contribution is -0.120. The van der Waals surface area contributed by atoms with Gasteiger partial charge in [0.2, 0.25) is 0 Å². The number of unbranched alkanes of at least 4 members (excludes halogenated alkanes) is 2. The highest BCUT2D eigenvalue weighted by Crippen LogP contribution is 2.09. The maximum atomic E-state index is 11.3. The van der Waals surface area contributed by atoms with E-state index in [9.17, 15) is 4.79 Å². The molecule has 0 saturated carbocycles. The number of carbonyl (C=O) groups is 1. The van der Waals surface area contributed by atoms with E-state index in [1.165, 1.54) is 0 Å². The Hall–Kier alpha value is -0.410. The van der Waals surface area contributed by atoms with Crippen LogP contribution in [0.3, 0.4) is 0 Å². The van der Waals surface area contributed by atoms with Crippen molar-refractivity contribution >= 4 is 5.78 Å². The summed E-state index contributed by atoms with van der Waals surface area (Å²) < 4.78 is 10.1. The number of ketones is 1. The van der Waals surface area contributed by atoms with Gasteiger partial charge < -0.3 is 9.47 Å². The summed E-state index contributed by atoms with van der Waals surface area (Å²) in [5.74, 6) is 0.392. The van der Waals surface area contributed by atoms with Gasteiger partial charge in [0.25, 0.3) is 0 Å². The lowest BCUT2D eigenvalue weighted by Gasteiger charge is -2.12. The summed E-state index contributed by atoms with van der Waals surface area (Å²) in [7, 11) is 3.28. The van der Waals surface area contributed by atoms with E-state index < -0.39 is 0 Å². The van der Waals surface area contributed by atoms with Crippen LogP contribution >= 0.6 is 0 Å². The van der Waals surface area contributed by atoms with Crippen molar-refractivity contribution < 1.29 is 14.3 Å². The van der Waals surface area contributed by atoms with Crippen molar-refractivity contribution in [1.82, 2.24) is 0 Å². The predicted octanol–water partition coefficient (Wildman–Crippen LogP) is 2.93. The zero-order chi connectivity index (χ0) is 11.5. The van der Waals surface area contributed by atoms with Gasteiger partial charge in [0.05, 0.1) is 0 Å². The summed E-state index contributed by atoms with van der Waals surface area (Å²) in [6.45, 7) is 2.11. The average Bonchev–Trinajstić information content (AvgIpc) is 2.26. The summed E-state index contributed by atoms with van der Waals surface area (Å²) in [6, 6.07) is 0. The lowest BCUT2D eigenvalue weighted by Crippen LogP contribution is -2.12. The van der Waals surface area contributed by atoms with Crippen LogP contribution in [0, 0.1) is 0 Å². The fourth-order valence-electron chi connectivity index (χ4n) is 1.46. The third kappa shape index (κ3) is 8.58. The van der Waals surface area contributed by atoms with Crippen molar-refractivity contribution in [2.24, 2.45) is 0 Å². The Morgan fingerprint density at radius 3 is 2.20 bits per heavy atom. The van der Waals surface area contributed by atoms with Crippen LogP contribution in [0.15, 0.2) is 0 Å². The highest BCUT2D eigenvalue weighted by molar-refractivity contribution is 5.78. The number of hydrogen-bond donors (Lipinski definition) is 0. The Kier molecular flexibility index (Phi) is 9.84. The molecule has 0 unspecified atom stereocenters. The summed E-state index contributed by atoms with van der Waals surface area (Å²) in [5, 5.41) is 0. The number of ether oxygens (including phenoxy) is 2. The van der Waals surface area contributed by atoms with E-state index in [1.54, 1.807) is 14.2 Å². The average molecular weight is 216 g/mol. The molecule has 0 aromatic heterocycles. The van der Waals surface area contributed by atoms with Crippen molar-refractivity contribution in [1.29, 1.82) is 0 Å². The molecular formula is C12H24O3. The minimum Gasteiger partial charge on any atom is -0.356 e. The second kappa shape index (κ2) is 10.1. The van der Waals surface area contributed by atoms with E-state index in [-0.39, 0.29) is 6.29 Å². The highest BCUT2D eigenvalue weighted by Gasteiger charge is 2.05. The number of hydrogen-bond acceptors (Lipinski definition) is 3. The zero-order valence-electron chi connectivity index (χ0n) is 10.3. The first-order valence-electron chi connectivity index (χ1n) is 5.81. The Labute approximate surface area is 93.1 Å². The molecule has 0 saturated heterocycles. The lowest BCUT2D eigenvalue weighted by atomic mass is 10.1. The van der Waals surface area contributed by atoms with Gasteiger partial charge in [-0.2, -0.15) is 0 Å². The van der Waals surface area contributed by atoms with Crippen LogP contribution in [0.25, 0.3) is 0 Å². The van der Waals surface area contributed by atoms with Gasteiger partial charge in [0.15, 0.2) is 6.29 Å². The van der Waals surface area contributed by atoms with Gasteiger partial charge in [-0.05, 0) is 25.7 Å². The highest BCUT2D eigenvalue weighted by atomic mass is 16.7. The van der Waals surface area contributed by atoms with E-state index in [0.717, 1.165) is 38.5 Å². The van der Waals surface area contributed by atoms with E-state index >= 15 is 0 Å². The molecule has 3 nitrogen and oxygen atoms in total. The molecule has 0 aliphatic rings. The van der Waals surface area contributed by atoms with E-state index in [0.29, 0.717) is 12.2 Å². The summed E-state index contributed by atoms with van der Waals surface area (Å²) in [6.07, 6.45) is 6.27. The molecule has 0 spiro atoms. The van der Waals surface area contributed by atoms with E-state index in [4.69, 9.17) is 9.47 Å². The van der Waals surface area contributed by atoms with Gasteiger partial charge >= 0.3 is 0 Å². The molecule has 0 aliphatic heterocycles. The molecule has 0 N–H and O–H groups in total. The Morgan fingerprint density at radius 1 is 1.07 bits per heavy atom. The van der Waals surface area contributed by atoms with Crippen LogP contribution < -0.4 is 0 Å². The molecule has 0 aromatic rings. The molecule has 0 radical (unpaired) electrons. The monoisotopic (exact) mass is 216 g/mol. The third-order valence-electron chi connectivity index (χ3n) is 2.48. The fraction of sp³-hybridized carbons (Fsp3) is 0.917. The van der Waals surface area contributed by atoms with Gasteiger partial charge in [-0.3, -0.25) is 4.79 Å². The molecule has 0 amide bonds. The standard InChI is InChI=1S/C12H24O3/c1-4-5-8-11(13)9-6-7-10-12(14-2)15-3/h12H,4-10H2,1-3H3. The molecule has 0 aromatic carbocycles. The maximum absolute atomic E-state index is 11.3. The third-order valence-corrected chi connectivity index (χ3v) is 2.48. The second-order valence-electron chi connectivity index (χ2n) is 3.79. The van der Waals surface area contributed by atoms with Crippen molar-refractivity contribution in [3.8, 4) is 0 Å². The van der Waals surface area contributed by atoms with E-state index in [2.05, 4.69) is 6.92 Å². The number of carbonyl (C=O) groups excluding carboxylic acids is 1. The second-order valence-corrected chi connectivity index (χ2v) is 3.79. The van der Waals surface area contributed by atoms with Gasteiger partial charge in [0.1, 0.15) is 5.78 Å². The first kappa shape index (κ1) is 14.6. The number of methoxy groups -OCH3 is 2. The van der Waals surface area contributed by atoms with E-state index in [1.807, 2.05) is 0 Å². The van der Waals surface area contributed by atoms with Crippen LogP contribution in [0.5, 0.6) is 0 Å². The zero-order valence-corrected chi connectivity index (χ0v) is 10.3. The van der Waals surface area contributed by atoms with Gasteiger partial charge in [-0.1, -0.05) is 13.3 Å². The minimum absolute atomic E-state index is 0.115. The van der Waals surface area contributed by atoms with Crippen molar-refractivity contribution in [2.45, 2.75) is 58.2 Å². The normalized spacial score (nSPS) is 10.9. The topological polar surface area (TPSA) is 35.5 Å². The molecular weight excluding hydrogens is 192 g/mol. The molecule has 0 rings (SSSR count). The first-order valence-corrected chi connectivity index (χ1v) is 5.81. The minimum atomic E-state index is -0.115. The largest absolute Gasteiger partial charge is 0.356 e. The van der Waals surface area contributed by atoms with Crippen LogP contribution in [0.1, 0.15) is 51.9 Å². The van der Waals surface area contributed by atoms with Crippen molar-refractivity contribution in [2.75, 3.05) is 14.2 Å². The summed E-state index contributed by atoms with van der Waals surface area (Å²) >= 11 is 0. The number of rotatable bonds is 10. The molecule has 0 bridgehead atoms. The van der Waals surface area contributed by atoms with Crippen LogP contribution in [-0.2, 0) is 14.3 Å². The molecule has 0 aliphatic carbocycles. The summed E-state index contributed by atoms with van der Waals surface area (Å²) in [4.78, 5) is 11.3. The SMILES string of the molecule is CCCCC(=O)CCCCC(OC)OC.